The molecule has 0 aliphatic heterocycles. The van der Waals surface area contributed by atoms with Gasteiger partial charge in [0.15, 0.2) is 0 Å². The van der Waals surface area contributed by atoms with E-state index in [-0.39, 0.29) is 6.10 Å². The third kappa shape index (κ3) is 15.3. The van der Waals surface area contributed by atoms with Crippen LogP contribution in [0.2, 0.25) is 0 Å². The minimum atomic E-state index is -0.655. The summed E-state index contributed by atoms with van der Waals surface area (Å²) in [7, 11) is 0. The molecule has 266 valence electrons. The Hall–Kier alpha value is -1.35. The fourth-order valence-corrected chi connectivity index (χ4v) is 8.95. The Morgan fingerprint density at radius 1 is 0.848 bits per heavy atom. The van der Waals surface area contributed by atoms with Crippen molar-refractivity contribution in [3.63, 3.8) is 0 Å². The standard InChI is InChI=1S/C27H44O.C16H32O2/c1-19(2)8-6-9-21(4)25-15-16-26-22(10-7-17-27(25,26)5)12-13-23-18-24(28)14-11-20(23)3;1-2-3-4-5-6-7-8-9-10-11-12-13-14-15-16(17)18/h12-13,19,21,24-26,28H,3,6-11,14-18H2,1-2,4-5H3;2-15H2,1H3,(H,17,18)/t21-,24+,25-,26+,27-;/m1./s1. The van der Waals surface area contributed by atoms with Gasteiger partial charge in [-0.3, -0.25) is 4.79 Å². The van der Waals surface area contributed by atoms with E-state index in [1.807, 2.05) is 0 Å². The molecule has 0 aromatic carbocycles. The first kappa shape index (κ1) is 40.8. The van der Waals surface area contributed by atoms with E-state index in [9.17, 15) is 9.90 Å². The highest BCUT2D eigenvalue weighted by atomic mass is 16.4. The minimum Gasteiger partial charge on any atom is -0.481 e. The minimum absolute atomic E-state index is 0.172. The maximum atomic E-state index is 10.3. The van der Waals surface area contributed by atoms with E-state index in [0.717, 1.165) is 55.8 Å². The molecule has 0 heterocycles. The molecule has 0 saturated heterocycles. The van der Waals surface area contributed by atoms with Gasteiger partial charge in [0.1, 0.15) is 0 Å². The fourth-order valence-electron chi connectivity index (χ4n) is 8.95. The van der Waals surface area contributed by atoms with Crippen LogP contribution in [0.4, 0.5) is 0 Å². The molecular weight excluding hydrogens is 564 g/mol. The van der Waals surface area contributed by atoms with Crippen LogP contribution < -0.4 is 0 Å². The van der Waals surface area contributed by atoms with Crippen LogP contribution in [0.25, 0.3) is 0 Å². The number of aliphatic hydroxyl groups is 1. The van der Waals surface area contributed by atoms with Crippen LogP contribution in [0.5, 0.6) is 0 Å². The van der Waals surface area contributed by atoms with Crippen molar-refractivity contribution in [3.8, 4) is 0 Å². The van der Waals surface area contributed by atoms with Crippen LogP contribution in [0, 0.1) is 29.1 Å². The number of allylic oxidation sites excluding steroid dienone is 4. The number of rotatable bonds is 20. The van der Waals surface area contributed by atoms with E-state index in [2.05, 4.69) is 53.3 Å². The average Bonchev–Trinajstić information content (AvgIpc) is 3.37. The molecule has 3 fully saturated rings. The summed E-state index contributed by atoms with van der Waals surface area (Å²) in [5, 5.41) is 18.5. The maximum absolute atomic E-state index is 10.3. The largest absolute Gasteiger partial charge is 0.481 e. The predicted molar refractivity (Wildman–Crippen MR) is 199 cm³/mol. The van der Waals surface area contributed by atoms with Crippen molar-refractivity contribution in [1.29, 1.82) is 0 Å². The first-order valence-corrected chi connectivity index (χ1v) is 20.1. The highest BCUT2D eigenvalue weighted by Gasteiger charge is 2.50. The van der Waals surface area contributed by atoms with Gasteiger partial charge in [0.05, 0.1) is 6.10 Å². The van der Waals surface area contributed by atoms with Crippen LogP contribution in [-0.2, 0) is 4.79 Å². The van der Waals surface area contributed by atoms with Crippen LogP contribution >= 0.6 is 0 Å². The Bertz CT molecular complexity index is 913. The third-order valence-electron chi connectivity index (χ3n) is 11.8. The summed E-state index contributed by atoms with van der Waals surface area (Å²) in [6.07, 6.45) is 35.5. The van der Waals surface area contributed by atoms with E-state index in [0.29, 0.717) is 11.8 Å². The number of hydrogen-bond donors (Lipinski definition) is 2. The topological polar surface area (TPSA) is 57.5 Å². The molecule has 0 spiro atoms. The van der Waals surface area contributed by atoms with Crippen molar-refractivity contribution in [2.75, 3.05) is 0 Å². The zero-order valence-electron chi connectivity index (χ0n) is 31.2. The van der Waals surface area contributed by atoms with E-state index in [1.165, 1.54) is 133 Å². The molecule has 5 atom stereocenters. The number of carbonyl (C=O) groups is 1. The van der Waals surface area contributed by atoms with Gasteiger partial charge in [-0.25, -0.2) is 0 Å². The zero-order chi connectivity index (χ0) is 33.8. The lowest BCUT2D eigenvalue weighted by Gasteiger charge is -2.44. The van der Waals surface area contributed by atoms with Crippen molar-refractivity contribution in [3.05, 3.63) is 35.5 Å². The quantitative estimate of drug-likeness (QED) is 0.130. The molecule has 2 N–H and O–H groups in total. The van der Waals surface area contributed by atoms with Crippen molar-refractivity contribution in [1.82, 2.24) is 0 Å². The van der Waals surface area contributed by atoms with Crippen LogP contribution in [0.3, 0.4) is 0 Å². The Morgan fingerprint density at radius 2 is 1.46 bits per heavy atom. The molecule has 0 radical (unpaired) electrons. The molecule has 0 bridgehead atoms. The van der Waals surface area contributed by atoms with Gasteiger partial charge < -0.3 is 10.2 Å². The number of aliphatic hydroxyl groups excluding tert-OH is 1. The summed E-state index contributed by atoms with van der Waals surface area (Å²) in [4.78, 5) is 10.3. The zero-order valence-corrected chi connectivity index (χ0v) is 31.2. The molecule has 46 heavy (non-hydrogen) atoms. The predicted octanol–water partition coefficient (Wildman–Crippen LogP) is 13.2. The number of carboxylic acids is 1. The number of carboxylic acid groups (broad SMARTS) is 1. The van der Waals surface area contributed by atoms with Gasteiger partial charge in [-0.1, -0.05) is 161 Å². The molecule has 3 saturated carbocycles. The summed E-state index contributed by atoms with van der Waals surface area (Å²) in [6.45, 7) is 16.3. The second-order valence-electron chi connectivity index (χ2n) is 16.2. The van der Waals surface area contributed by atoms with Crippen molar-refractivity contribution in [2.45, 2.75) is 201 Å². The molecule has 3 heteroatoms. The van der Waals surface area contributed by atoms with Crippen molar-refractivity contribution in [2.24, 2.45) is 29.1 Å². The molecule has 3 nitrogen and oxygen atoms in total. The van der Waals surface area contributed by atoms with Gasteiger partial charge in [0.2, 0.25) is 0 Å². The van der Waals surface area contributed by atoms with Crippen LogP contribution in [0.15, 0.2) is 35.5 Å². The fraction of sp³-hybridized carbons (Fsp3) is 0.837. The lowest BCUT2D eigenvalue weighted by molar-refractivity contribution is -0.137. The molecule has 3 rings (SSSR count). The van der Waals surface area contributed by atoms with E-state index in [4.69, 9.17) is 5.11 Å². The Balaban J connectivity index is 0.000000356. The van der Waals surface area contributed by atoms with E-state index in [1.54, 1.807) is 5.57 Å². The van der Waals surface area contributed by atoms with Gasteiger partial charge in [0.25, 0.3) is 0 Å². The normalized spacial score (nSPS) is 27.1. The lowest BCUT2D eigenvalue weighted by atomic mass is 9.60. The Kier molecular flexibility index (Phi) is 20.5. The van der Waals surface area contributed by atoms with Gasteiger partial charge in [0, 0.05) is 6.42 Å². The first-order chi connectivity index (χ1) is 22.1. The summed E-state index contributed by atoms with van der Waals surface area (Å²) >= 11 is 0. The summed E-state index contributed by atoms with van der Waals surface area (Å²) in [5.41, 5.74) is 4.72. The average molecular weight is 641 g/mol. The number of hydrogen-bond acceptors (Lipinski definition) is 2. The molecular formula is C43H76O3. The van der Waals surface area contributed by atoms with E-state index >= 15 is 0 Å². The molecule has 0 aromatic heterocycles. The highest BCUT2D eigenvalue weighted by Crippen LogP contribution is 2.60. The summed E-state index contributed by atoms with van der Waals surface area (Å²) in [5.74, 6) is 2.71. The van der Waals surface area contributed by atoms with Crippen LogP contribution in [-0.4, -0.2) is 22.3 Å². The Morgan fingerprint density at radius 3 is 2.04 bits per heavy atom. The summed E-state index contributed by atoms with van der Waals surface area (Å²) in [6, 6.07) is 0. The van der Waals surface area contributed by atoms with Gasteiger partial charge in [-0.05, 0) is 92.4 Å². The van der Waals surface area contributed by atoms with Crippen LogP contribution in [0.1, 0.15) is 195 Å². The van der Waals surface area contributed by atoms with Gasteiger partial charge in [-0.2, -0.15) is 0 Å². The first-order valence-electron chi connectivity index (χ1n) is 20.1. The number of fused-ring (bicyclic) bond motifs is 1. The lowest BCUT2D eigenvalue weighted by Crippen LogP contribution is -2.36. The second kappa shape index (κ2) is 23.1. The number of unbranched alkanes of at least 4 members (excludes halogenated alkanes) is 12. The maximum Gasteiger partial charge on any atom is 0.303 e. The monoisotopic (exact) mass is 641 g/mol. The SMILES string of the molecule is C=C1CC[C@H](O)CC1=CC=C1CCC[C@]2(C)[C@@H]([C@H](C)CCCC(C)C)CC[C@@H]12.CCCCCCCCCCCCCCCC(=O)O. The van der Waals surface area contributed by atoms with Crippen molar-refractivity contribution < 1.29 is 15.0 Å². The highest BCUT2D eigenvalue weighted by molar-refractivity contribution is 5.66. The number of aliphatic carboxylic acids is 1. The van der Waals surface area contributed by atoms with E-state index < -0.39 is 5.97 Å². The molecule has 0 amide bonds. The third-order valence-corrected chi connectivity index (χ3v) is 11.8. The molecule has 0 unspecified atom stereocenters. The Labute approximate surface area is 286 Å². The molecule has 0 aromatic rings. The van der Waals surface area contributed by atoms with Gasteiger partial charge >= 0.3 is 5.97 Å². The summed E-state index contributed by atoms with van der Waals surface area (Å²) < 4.78 is 0. The molecule has 3 aliphatic carbocycles. The molecule has 3 aliphatic rings. The smallest absolute Gasteiger partial charge is 0.303 e. The second-order valence-corrected chi connectivity index (χ2v) is 16.2. The van der Waals surface area contributed by atoms with Gasteiger partial charge in [-0.15, -0.1) is 0 Å². The van der Waals surface area contributed by atoms with Crippen molar-refractivity contribution >= 4 is 5.97 Å².